The molecule has 2 aromatic carbocycles. The minimum Gasteiger partial charge on any atom is -0.490 e. The number of hydrogen-bond donors (Lipinski definition) is 1. The van der Waals surface area contributed by atoms with Gasteiger partial charge in [-0.25, -0.2) is 22.8 Å². The first-order valence-electron chi connectivity index (χ1n) is 14.5. The maximum absolute atomic E-state index is 15.5. The van der Waals surface area contributed by atoms with Gasteiger partial charge in [0.15, 0.2) is 17.7 Å². The Balaban J connectivity index is 1.69. The molecule has 0 aliphatic carbocycles. The van der Waals surface area contributed by atoms with Gasteiger partial charge in [-0.3, -0.25) is 0 Å². The smallest absolute Gasteiger partial charge is 0.337 e. The van der Waals surface area contributed by atoms with E-state index >= 15 is 4.39 Å². The van der Waals surface area contributed by atoms with Gasteiger partial charge in [0.05, 0.1) is 18.8 Å². The highest BCUT2D eigenvalue weighted by atomic mass is 19.3. The van der Waals surface area contributed by atoms with E-state index in [0.717, 1.165) is 28.7 Å². The molecule has 1 N–H and O–H groups in total. The summed E-state index contributed by atoms with van der Waals surface area (Å²) in [6, 6.07) is 0.933. The quantitative estimate of drug-likeness (QED) is 0.423. The Kier molecular flexibility index (Phi) is 7.75. The first-order chi connectivity index (χ1) is 19.6. The zero-order valence-electron chi connectivity index (χ0n) is 25.1. The van der Waals surface area contributed by atoms with Crippen LogP contribution in [0.1, 0.15) is 85.1 Å². The molecule has 3 aliphatic heterocycles. The van der Waals surface area contributed by atoms with Crippen LogP contribution in [0.3, 0.4) is 0 Å². The number of rotatable bonds is 4. The van der Waals surface area contributed by atoms with Crippen LogP contribution in [-0.2, 0) is 29.0 Å². The number of nitrogens with zero attached hydrogens (tertiary/aromatic N) is 2. The van der Waals surface area contributed by atoms with E-state index in [-0.39, 0.29) is 38.2 Å². The molecule has 0 unspecified atom stereocenters. The first-order valence-corrected chi connectivity index (χ1v) is 14.5. The second kappa shape index (κ2) is 10.8. The van der Waals surface area contributed by atoms with E-state index < -0.39 is 42.0 Å². The number of carbonyl (C=O) groups excluding carboxylic acids is 1. The third-order valence-electron chi connectivity index (χ3n) is 8.61. The summed E-state index contributed by atoms with van der Waals surface area (Å²) in [4.78, 5) is 29.0. The molecule has 0 bridgehead atoms. The number of carboxylic acids is 1. The van der Waals surface area contributed by atoms with Crippen molar-refractivity contribution in [2.75, 3.05) is 19.7 Å². The van der Waals surface area contributed by atoms with E-state index in [0.29, 0.717) is 40.8 Å². The highest BCUT2D eigenvalue weighted by Gasteiger charge is 2.41. The minimum absolute atomic E-state index is 0.156. The van der Waals surface area contributed by atoms with Crippen molar-refractivity contribution in [2.45, 2.75) is 97.9 Å². The zero-order valence-corrected chi connectivity index (χ0v) is 25.1. The molecule has 3 heterocycles. The zero-order chi connectivity index (χ0) is 30.7. The number of amides is 2. The normalized spacial score (nSPS) is 18.8. The Bertz CT molecular complexity index is 1450. The fourth-order valence-electron chi connectivity index (χ4n) is 6.66. The molecule has 2 amide bonds. The molecule has 0 radical (unpaired) electrons. The maximum atomic E-state index is 15.5. The fraction of sp³-hybridized carbons (Fsp3) is 0.562. The molecule has 5 rings (SSSR count). The Hall–Kier alpha value is -3.27. The fourth-order valence-corrected chi connectivity index (χ4v) is 6.66. The Labute approximate surface area is 244 Å². The number of hydrogen-bond acceptors (Lipinski definition) is 4. The summed E-state index contributed by atoms with van der Waals surface area (Å²) in [6.45, 7) is 11.3. The molecular weight excluding hydrogens is 549 g/mol. The predicted molar refractivity (Wildman–Crippen MR) is 151 cm³/mol. The number of ether oxygens (including phenoxy) is 2. The van der Waals surface area contributed by atoms with Crippen LogP contribution in [-0.4, -0.2) is 58.1 Å². The number of piperidine rings is 1. The summed E-state index contributed by atoms with van der Waals surface area (Å²) in [7, 11) is 0. The third-order valence-corrected chi connectivity index (χ3v) is 8.61. The van der Waals surface area contributed by atoms with Crippen LogP contribution in [0.25, 0.3) is 11.1 Å². The topological polar surface area (TPSA) is 79.3 Å². The molecule has 1 fully saturated rings. The molecule has 2 aromatic rings. The number of urea groups is 1. The largest absolute Gasteiger partial charge is 0.490 e. The molecule has 10 heteroatoms. The van der Waals surface area contributed by atoms with Crippen LogP contribution in [0.2, 0.25) is 0 Å². The average molecular weight is 589 g/mol. The van der Waals surface area contributed by atoms with Gasteiger partial charge < -0.3 is 24.4 Å². The maximum Gasteiger partial charge on any atom is 0.337 e. The molecule has 7 nitrogen and oxygen atoms in total. The van der Waals surface area contributed by atoms with Crippen LogP contribution < -0.4 is 4.74 Å². The van der Waals surface area contributed by atoms with Crippen molar-refractivity contribution in [3.63, 3.8) is 0 Å². The SMILES string of the molecule is Cc1c(-c2c(C)c3c(c(C)c2[C@H](OC(C)(C)C)C(=O)O)CN(C(=O)N2CCCC(F)(F)C2)C3)cc(F)c2c1CCCO2. The summed E-state index contributed by atoms with van der Waals surface area (Å²) in [6.07, 6.45) is -0.0155. The van der Waals surface area contributed by atoms with Gasteiger partial charge in [-0.15, -0.1) is 0 Å². The van der Waals surface area contributed by atoms with E-state index in [1.807, 2.05) is 13.8 Å². The summed E-state index contributed by atoms with van der Waals surface area (Å²) in [5.41, 5.74) is 5.21. The Morgan fingerprint density at radius 2 is 1.69 bits per heavy atom. The summed E-state index contributed by atoms with van der Waals surface area (Å²) >= 11 is 0. The molecule has 3 aliphatic rings. The predicted octanol–water partition coefficient (Wildman–Crippen LogP) is 6.85. The number of alkyl halides is 2. The summed E-state index contributed by atoms with van der Waals surface area (Å²) in [5, 5.41) is 10.4. The van der Waals surface area contributed by atoms with Crippen molar-refractivity contribution in [1.29, 1.82) is 0 Å². The number of likely N-dealkylation sites (tertiary alicyclic amines) is 1. The Morgan fingerprint density at radius 3 is 2.31 bits per heavy atom. The van der Waals surface area contributed by atoms with Crippen LogP contribution in [0, 0.1) is 26.6 Å². The second-order valence-electron chi connectivity index (χ2n) is 12.8. The molecule has 0 saturated carbocycles. The number of fused-ring (bicyclic) bond motifs is 2. The molecule has 228 valence electrons. The lowest BCUT2D eigenvalue weighted by atomic mass is 9.81. The van der Waals surface area contributed by atoms with Crippen molar-refractivity contribution < 1.29 is 37.3 Å². The highest BCUT2D eigenvalue weighted by molar-refractivity contribution is 5.86. The lowest BCUT2D eigenvalue weighted by molar-refractivity contribution is -0.160. The number of aliphatic carboxylic acids is 1. The Morgan fingerprint density at radius 1 is 1.02 bits per heavy atom. The van der Waals surface area contributed by atoms with Crippen molar-refractivity contribution >= 4 is 12.0 Å². The lowest BCUT2D eigenvalue weighted by Crippen LogP contribution is -2.49. The number of carboxylic acid groups (broad SMARTS) is 1. The van der Waals surface area contributed by atoms with E-state index in [1.54, 1.807) is 27.7 Å². The standard InChI is InChI=1S/C32H39F3N2O5/c1-17-20-9-7-12-41-27(20)24(33)13-21(17)25-18(2)22-14-37(30(40)36-11-8-10-32(34,35)16-36)15-23(22)19(3)26(25)28(29(38)39)42-31(4,5)6/h13,28H,7-12,14-16H2,1-6H3,(H,38,39)/t28-/m0/s1. The second-order valence-corrected chi connectivity index (χ2v) is 12.8. The number of carbonyl (C=O) groups is 2. The minimum atomic E-state index is -2.93. The highest BCUT2D eigenvalue weighted by Crippen LogP contribution is 2.47. The monoisotopic (exact) mass is 588 g/mol. The van der Waals surface area contributed by atoms with Gasteiger partial charge in [0.1, 0.15) is 0 Å². The van der Waals surface area contributed by atoms with Crippen LogP contribution in [0.5, 0.6) is 5.75 Å². The van der Waals surface area contributed by atoms with E-state index in [9.17, 15) is 23.5 Å². The summed E-state index contributed by atoms with van der Waals surface area (Å²) in [5.74, 6) is -4.39. The van der Waals surface area contributed by atoms with Crippen LogP contribution in [0.4, 0.5) is 18.0 Å². The van der Waals surface area contributed by atoms with Gasteiger partial charge in [-0.1, -0.05) is 0 Å². The average Bonchev–Trinajstić information content (AvgIpc) is 3.36. The number of halogens is 3. The van der Waals surface area contributed by atoms with Crippen molar-refractivity contribution in [3.8, 4) is 16.9 Å². The first kappa shape index (κ1) is 30.2. The van der Waals surface area contributed by atoms with E-state index in [1.165, 1.54) is 15.9 Å². The van der Waals surface area contributed by atoms with Gasteiger partial charge in [-0.05, 0) is 106 Å². The molecule has 1 saturated heterocycles. The van der Waals surface area contributed by atoms with Gasteiger partial charge in [-0.2, -0.15) is 0 Å². The number of benzene rings is 2. The molecule has 0 spiro atoms. The lowest BCUT2D eigenvalue weighted by Gasteiger charge is -2.35. The van der Waals surface area contributed by atoms with Crippen molar-refractivity contribution in [1.82, 2.24) is 9.80 Å². The van der Waals surface area contributed by atoms with Gasteiger partial charge in [0.2, 0.25) is 0 Å². The molecule has 1 atom stereocenters. The summed E-state index contributed by atoms with van der Waals surface area (Å²) < 4.78 is 55.6. The molecule has 0 aromatic heterocycles. The van der Waals surface area contributed by atoms with Gasteiger partial charge in [0, 0.05) is 37.2 Å². The van der Waals surface area contributed by atoms with Crippen molar-refractivity contribution in [3.05, 3.63) is 50.8 Å². The van der Waals surface area contributed by atoms with Gasteiger partial charge >= 0.3 is 12.0 Å². The van der Waals surface area contributed by atoms with E-state index in [4.69, 9.17) is 9.47 Å². The molecule has 42 heavy (non-hydrogen) atoms. The van der Waals surface area contributed by atoms with Crippen molar-refractivity contribution in [2.24, 2.45) is 0 Å². The van der Waals surface area contributed by atoms with Gasteiger partial charge in [0.25, 0.3) is 5.92 Å². The third kappa shape index (κ3) is 5.45. The van der Waals surface area contributed by atoms with Crippen LogP contribution in [0.15, 0.2) is 6.07 Å². The molecular formula is C32H39F3N2O5. The van der Waals surface area contributed by atoms with Crippen LogP contribution >= 0.6 is 0 Å². The van der Waals surface area contributed by atoms with E-state index in [2.05, 4.69) is 0 Å².